The van der Waals surface area contributed by atoms with Crippen LogP contribution in [0.1, 0.15) is 147 Å². The van der Waals surface area contributed by atoms with Crippen molar-refractivity contribution in [1.29, 1.82) is 0 Å². The molecule has 0 bridgehead atoms. The van der Waals surface area contributed by atoms with Gasteiger partial charge in [0.05, 0.1) is 0 Å². The molecule has 2 N–H and O–H groups in total. The summed E-state index contributed by atoms with van der Waals surface area (Å²) in [7, 11) is 0. The Morgan fingerprint density at radius 1 is 0.625 bits per heavy atom. The van der Waals surface area contributed by atoms with Crippen LogP contribution in [0, 0.1) is 11.8 Å². The van der Waals surface area contributed by atoms with Crippen molar-refractivity contribution in [2.24, 2.45) is 11.8 Å². The van der Waals surface area contributed by atoms with Gasteiger partial charge in [-0.2, -0.15) is 0 Å². The highest BCUT2D eigenvalue weighted by atomic mass is 16.2. The van der Waals surface area contributed by atoms with Crippen molar-refractivity contribution in [3.05, 3.63) is 0 Å². The number of piperidine rings is 2. The maximum atomic E-state index is 14.5. The highest BCUT2D eigenvalue weighted by molar-refractivity contribution is 6.35. The normalized spacial score (nSPS) is 38.2. The molecule has 8 atom stereocenters. The van der Waals surface area contributed by atoms with Gasteiger partial charge < -0.3 is 20.4 Å². The molecule has 2 rings (SSSR count). The fraction of sp³-hybridized carbons (Fsp3) is 0.941. The van der Waals surface area contributed by atoms with Crippen LogP contribution in [0.2, 0.25) is 0 Å². The van der Waals surface area contributed by atoms with Crippen molar-refractivity contribution >= 4 is 11.8 Å². The fourth-order valence-corrected chi connectivity index (χ4v) is 7.62. The summed E-state index contributed by atoms with van der Waals surface area (Å²) in [5, 5.41) is 7.93. The Kier molecular flexibility index (Phi) is 12.2. The van der Waals surface area contributed by atoms with E-state index in [0.29, 0.717) is 13.1 Å². The molecule has 6 nitrogen and oxygen atoms in total. The summed E-state index contributed by atoms with van der Waals surface area (Å²) in [4.78, 5) is 33.0. The molecule has 234 valence electrons. The zero-order valence-electron chi connectivity index (χ0n) is 28.5. The van der Waals surface area contributed by atoms with Crippen LogP contribution in [-0.4, -0.2) is 68.9 Å². The molecule has 2 heterocycles. The second-order valence-electron chi connectivity index (χ2n) is 14.4. The smallest absolute Gasteiger partial charge is 0.312 e. The van der Waals surface area contributed by atoms with Gasteiger partial charge in [-0.15, -0.1) is 0 Å². The number of carbonyl (C=O) groups is 2. The minimum absolute atomic E-state index is 0.0411. The lowest BCUT2D eigenvalue weighted by Crippen LogP contribution is -2.71. The standard InChI is InChI=1S/C34H66N4O2/c1-13-19-21-37(27-23-31(9,15-3)35-33(11,17-5)25(27)7)29(39)30(40)38(22-20-14-2)28-24-32(10,16-4)36-34(12,18-6)26(28)8/h25-28,35-36H,13-24H2,1-12H3. The molecule has 2 amide bonds. The predicted octanol–water partition coefficient (Wildman–Crippen LogP) is 6.91. The van der Waals surface area contributed by atoms with Crippen LogP contribution in [0.4, 0.5) is 0 Å². The third kappa shape index (κ3) is 7.25. The van der Waals surface area contributed by atoms with Gasteiger partial charge in [-0.25, -0.2) is 0 Å². The Morgan fingerprint density at radius 2 is 0.950 bits per heavy atom. The van der Waals surface area contributed by atoms with Gasteiger partial charge in [0.25, 0.3) is 0 Å². The molecule has 40 heavy (non-hydrogen) atoms. The highest BCUT2D eigenvalue weighted by Crippen LogP contribution is 2.42. The highest BCUT2D eigenvalue weighted by Gasteiger charge is 2.52. The molecular formula is C34H66N4O2. The lowest BCUT2D eigenvalue weighted by atomic mass is 9.68. The summed E-state index contributed by atoms with van der Waals surface area (Å²) >= 11 is 0. The predicted molar refractivity (Wildman–Crippen MR) is 169 cm³/mol. The monoisotopic (exact) mass is 563 g/mol. The average molecular weight is 563 g/mol. The number of carbonyl (C=O) groups excluding carboxylic acids is 2. The Morgan fingerprint density at radius 3 is 1.20 bits per heavy atom. The molecular weight excluding hydrogens is 496 g/mol. The van der Waals surface area contributed by atoms with Gasteiger partial charge in [-0.05, 0) is 90.9 Å². The molecule has 0 radical (unpaired) electrons. The van der Waals surface area contributed by atoms with Crippen molar-refractivity contribution in [2.45, 2.75) is 182 Å². The van der Waals surface area contributed by atoms with Crippen molar-refractivity contribution in [3.8, 4) is 0 Å². The van der Waals surface area contributed by atoms with Crippen molar-refractivity contribution in [3.63, 3.8) is 0 Å². The second kappa shape index (κ2) is 13.9. The van der Waals surface area contributed by atoms with E-state index in [-0.39, 0.29) is 57.9 Å². The Hall–Kier alpha value is -1.14. The molecule has 0 aromatic carbocycles. The van der Waals surface area contributed by atoms with Crippen molar-refractivity contribution < 1.29 is 9.59 Å². The van der Waals surface area contributed by atoms with E-state index in [1.165, 1.54) is 0 Å². The first kappa shape index (κ1) is 35.1. The third-order valence-corrected chi connectivity index (χ3v) is 11.7. The zero-order chi connectivity index (χ0) is 30.5. The summed E-state index contributed by atoms with van der Waals surface area (Å²) in [6.45, 7) is 28.4. The molecule has 0 spiro atoms. The van der Waals surface area contributed by atoms with Gasteiger partial charge in [-0.1, -0.05) is 68.2 Å². The summed E-state index contributed by atoms with van der Waals surface area (Å²) in [5.41, 5.74) is -0.294. The molecule has 2 fully saturated rings. The number of rotatable bonds is 12. The van der Waals surface area contributed by atoms with E-state index in [4.69, 9.17) is 0 Å². The van der Waals surface area contributed by atoms with Gasteiger partial charge in [0.15, 0.2) is 0 Å². The lowest BCUT2D eigenvalue weighted by molar-refractivity contribution is -0.159. The van der Waals surface area contributed by atoms with Crippen LogP contribution in [-0.2, 0) is 9.59 Å². The van der Waals surface area contributed by atoms with E-state index in [1.54, 1.807) is 0 Å². The Labute approximate surface area is 248 Å². The number of unbranched alkanes of at least 4 members (excludes halogenated alkanes) is 2. The number of nitrogens with one attached hydrogen (secondary N) is 2. The van der Waals surface area contributed by atoms with Crippen LogP contribution < -0.4 is 10.6 Å². The van der Waals surface area contributed by atoms with Gasteiger partial charge in [0, 0.05) is 47.3 Å². The summed E-state index contributed by atoms with van der Waals surface area (Å²) in [6.07, 6.45) is 9.57. The van der Waals surface area contributed by atoms with Gasteiger partial charge >= 0.3 is 11.8 Å². The van der Waals surface area contributed by atoms with Crippen LogP contribution >= 0.6 is 0 Å². The van der Waals surface area contributed by atoms with E-state index in [9.17, 15) is 9.59 Å². The first-order valence-electron chi connectivity index (χ1n) is 16.8. The first-order chi connectivity index (χ1) is 18.6. The number of amides is 2. The molecule has 2 saturated heterocycles. The minimum Gasteiger partial charge on any atom is -0.331 e. The molecule has 8 unspecified atom stereocenters. The lowest BCUT2D eigenvalue weighted by Gasteiger charge is -2.57. The summed E-state index contributed by atoms with van der Waals surface area (Å²) in [6, 6.07) is 0.0823. The van der Waals surface area contributed by atoms with Crippen LogP contribution in [0.15, 0.2) is 0 Å². The molecule has 0 saturated carbocycles. The SMILES string of the molecule is CCCCN(C(=O)C(=O)N(CCCC)C1CC(C)(CC)NC(C)(CC)C1C)C1CC(C)(CC)NC(C)(CC)C1C. The van der Waals surface area contributed by atoms with Gasteiger partial charge in [0.2, 0.25) is 0 Å². The maximum absolute atomic E-state index is 14.5. The molecule has 2 aliphatic heterocycles. The van der Waals surface area contributed by atoms with Crippen molar-refractivity contribution in [1.82, 2.24) is 20.4 Å². The van der Waals surface area contributed by atoms with Crippen molar-refractivity contribution in [2.75, 3.05) is 13.1 Å². The van der Waals surface area contributed by atoms with Crippen LogP contribution in [0.3, 0.4) is 0 Å². The van der Waals surface area contributed by atoms with Crippen LogP contribution in [0.25, 0.3) is 0 Å². The zero-order valence-corrected chi connectivity index (χ0v) is 28.5. The minimum atomic E-state index is -0.276. The molecule has 0 aromatic rings. The van der Waals surface area contributed by atoms with Gasteiger partial charge in [0.1, 0.15) is 0 Å². The van der Waals surface area contributed by atoms with E-state index >= 15 is 0 Å². The van der Waals surface area contributed by atoms with E-state index in [0.717, 1.165) is 64.2 Å². The first-order valence-corrected chi connectivity index (χ1v) is 16.8. The summed E-state index contributed by atoms with van der Waals surface area (Å²) < 4.78 is 0. The molecule has 6 heteroatoms. The summed E-state index contributed by atoms with van der Waals surface area (Å²) in [5.74, 6) is -0.0523. The number of hydrogen-bond acceptors (Lipinski definition) is 4. The maximum Gasteiger partial charge on any atom is 0.312 e. The quantitative estimate of drug-likeness (QED) is 0.254. The van der Waals surface area contributed by atoms with Gasteiger partial charge in [-0.3, -0.25) is 9.59 Å². The Balaban J connectivity index is 2.53. The van der Waals surface area contributed by atoms with E-state index < -0.39 is 0 Å². The third-order valence-electron chi connectivity index (χ3n) is 11.7. The molecule has 2 aliphatic rings. The molecule has 0 aliphatic carbocycles. The molecule has 0 aromatic heterocycles. The van der Waals surface area contributed by atoms with E-state index in [2.05, 4.69) is 93.7 Å². The second-order valence-corrected chi connectivity index (χ2v) is 14.4. The van der Waals surface area contributed by atoms with E-state index in [1.807, 2.05) is 9.80 Å². The largest absolute Gasteiger partial charge is 0.331 e. The van der Waals surface area contributed by atoms with Crippen LogP contribution in [0.5, 0.6) is 0 Å². The topological polar surface area (TPSA) is 64.7 Å². The Bertz CT molecular complexity index is 782. The average Bonchev–Trinajstić information content (AvgIpc) is 2.93. The number of nitrogens with zero attached hydrogens (tertiary/aromatic N) is 2. The number of hydrogen-bond donors (Lipinski definition) is 2. The fourth-order valence-electron chi connectivity index (χ4n) is 7.62.